The first kappa shape index (κ1) is 14.2. The lowest BCUT2D eigenvalue weighted by Crippen LogP contribution is -2.36. The van der Waals surface area contributed by atoms with E-state index in [9.17, 15) is 0 Å². The summed E-state index contributed by atoms with van der Waals surface area (Å²) in [5.41, 5.74) is 0. The predicted molar refractivity (Wildman–Crippen MR) is 77.3 cm³/mol. The molecule has 1 heterocycles. The topological polar surface area (TPSA) is 12.0 Å². The second-order valence-corrected chi connectivity index (χ2v) is 6.41. The maximum atomic E-state index is 3.67. The summed E-state index contributed by atoms with van der Waals surface area (Å²) in [5, 5.41) is 5.82. The third kappa shape index (κ3) is 4.98. The van der Waals surface area contributed by atoms with E-state index in [1.165, 1.54) is 28.6 Å². The molecule has 0 aromatic carbocycles. The van der Waals surface area contributed by atoms with Gasteiger partial charge >= 0.3 is 0 Å². The molecule has 0 bridgehead atoms. The van der Waals surface area contributed by atoms with E-state index in [-0.39, 0.29) is 0 Å². The first-order chi connectivity index (χ1) is 7.63. The zero-order valence-electron chi connectivity index (χ0n) is 10.4. The summed E-state index contributed by atoms with van der Waals surface area (Å²) in [6.07, 6.45) is 5.02. The van der Waals surface area contributed by atoms with Gasteiger partial charge in [-0.05, 0) is 40.2 Å². The normalized spacial score (nSPS) is 13.3. The van der Waals surface area contributed by atoms with Crippen LogP contribution in [-0.2, 0) is 6.42 Å². The molecule has 0 saturated carbocycles. The van der Waals surface area contributed by atoms with Crippen LogP contribution in [0.1, 0.15) is 44.9 Å². The first-order valence-electron chi connectivity index (χ1n) is 6.11. The molecule has 0 aliphatic heterocycles. The van der Waals surface area contributed by atoms with Crippen LogP contribution in [-0.4, -0.2) is 12.1 Å². The fourth-order valence-corrected chi connectivity index (χ4v) is 3.46. The average molecular weight is 304 g/mol. The molecule has 0 spiro atoms. The van der Waals surface area contributed by atoms with Crippen LogP contribution in [0.2, 0.25) is 0 Å². The van der Waals surface area contributed by atoms with Crippen LogP contribution in [0.15, 0.2) is 15.9 Å². The number of thiophene rings is 1. The minimum absolute atomic E-state index is 0.570. The quantitative estimate of drug-likeness (QED) is 0.775. The second-order valence-electron chi connectivity index (χ2n) is 4.56. The molecular formula is C13H22BrNS. The number of nitrogens with one attached hydrogen (secondary N) is 1. The largest absolute Gasteiger partial charge is 0.311 e. The van der Waals surface area contributed by atoms with Gasteiger partial charge < -0.3 is 5.32 Å². The minimum atomic E-state index is 0.570. The molecule has 16 heavy (non-hydrogen) atoms. The van der Waals surface area contributed by atoms with Gasteiger partial charge in [0.1, 0.15) is 0 Å². The van der Waals surface area contributed by atoms with Gasteiger partial charge in [0.05, 0.1) is 0 Å². The molecule has 1 aromatic rings. The van der Waals surface area contributed by atoms with Crippen LogP contribution in [0.5, 0.6) is 0 Å². The molecule has 1 N–H and O–H groups in total. The van der Waals surface area contributed by atoms with Crippen molar-refractivity contribution in [3.8, 4) is 0 Å². The van der Waals surface area contributed by atoms with Crippen molar-refractivity contribution in [3.05, 3.63) is 20.8 Å². The van der Waals surface area contributed by atoms with E-state index in [0.717, 1.165) is 6.42 Å². The third-order valence-corrected chi connectivity index (χ3v) is 4.55. The Hall–Kier alpha value is 0.140. The summed E-state index contributed by atoms with van der Waals surface area (Å²) >= 11 is 5.46. The van der Waals surface area contributed by atoms with Crippen molar-refractivity contribution >= 4 is 27.3 Å². The fourth-order valence-electron chi connectivity index (χ4n) is 1.86. The Morgan fingerprint density at radius 2 is 2.19 bits per heavy atom. The van der Waals surface area contributed by atoms with Gasteiger partial charge in [-0.15, -0.1) is 11.3 Å². The van der Waals surface area contributed by atoms with Crippen molar-refractivity contribution in [1.29, 1.82) is 0 Å². The lowest BCUT2D eigenvalue weighted by atomic mass is 10.0. The molecule has 3 heteroatoms. The van der Waals surface area contributed by atoms with Gasteiger partial charge in [-0.3, -0.25) is 0 Å². The molecule has 0 aliphatic rings. The zero-order chi connectivity index (χ0) is 12.0. The molecule has 0 saturated heterocycles. The highest BCUT2D eigenvalue weighted by Crippen LogP contribution is 2.25. The first-order valence-corrected chi connectivity index (χ1v) is 7.78. The Kier molecular flexibility index (Phi) is 6.62. The Morgan fingerprint density at radius 1 is 1.44 bits per heavy atom. The van der Waals surface area contributed by atoms with Crippen molar-refractivity contribution in [2.75, 3.05) is 0 Å². The number of rotatable bonds is 7. The molecule has 92 valence electrons. The van der Waals surface area contributed by atoms with Gasteiger partial charge in [-0.25, -0.2) is 0 Å². The molecule has 0 aliphatic carbocycles. The molecule has 0 radical (unpaired) electrons. The Balaban J connectivity index is 2.52. The summed E-state index contributed by atoms with van der Waals surface area (Å²) in [7, 11) is 0. The molecule has 1 nitrogen and oxygen atoms in total. The maximum Gasteiger partial charge on any atom is 0.0314 e. The SMILES string of the molecule is CCCCC(Cc1sccc1Br)NC(C)C. The summed E-state index contributed by atoms with van der Waals surface area (Å²) < 4.78 is 1.27. The molecule has 1 rings (SSSR count). The van der Waals surface area contributed by atoms with Crippen LogP contribution in [0, 0.1) is 0 Å². The van der Waals surface area contributed by atoms with E-state index >= 15 is 0 Å². The fraction of sp³-hybridized carbons (Fsp3) is 0.692. The number of unbranched alkanes of at least 4 members (excludes halogenated alkanes) is 1. The highest BCUT2D eigenvalue weighted by atomic mass is 79.9. The number of hydrogen-bond acceptors (Lipinski definition) is 2. The minimum Gasteiger partial charge on any atom is -0.311 e. The van der Waals surface area contributed by atoms with Gasteiger partial charge in [0.15, 0.2) is 0 Å². The van der Waals surface area contributed by atoms with Crippen molar-refractivity contribution in [3.63, 3.8) is 0 Å². The van der Waals surface area contributed by atoms with Crippen molar-refractivity contribution in [2.24, 2.45) is 0 Å². The maximum absolute atomic E-state index is 3.67. The monoisotopic (exact) mass is 303 g/mol. The number of hydrogen-bond donors (Lipinski definition) is 1. The average Bonchev–Trinajstić information content (AvgIpc) is 2.60. The molecule has 1 unspecified atom stereocenters. The van der Waals surface area contributed by atoms with Crippen LogP contribution in [0.25, 0.3) is 0 Å². The third-order valence-electron chi connectivity index (χ3n) is 2.60. The number of halogens is 1. The lowest BCUT2D eigenvalue weighted by Gasteiger charge is -2.20. The van der Waals surface area contributed by atoms with Gasteiger partial charge in [-0.1, -0.05) is 33.6 Å². The highest BCUT2D eigenvalue weighted by molar-refractivity contribution is 9.10. The van der Waals surface area contributed by atoms with E-state index in [1.54, 1.807) is 0 Å². The summed E-state index contributed by atoms with van der Waals surface area (Å²) in [6.45, 7) is 6.71. The van der Waals surface area contributed by atoms with Gasteiger partial charge in [0.2, 0.25) is 0 Å². The van der Waals surface area contributed by atoms with Crippen molar-refractivity contribution < 1.29 is 0 Å². The highest BCUT2D eigenvalue weighted by Gasteiger charge is 2.12. The van der Waals surface area contributed by atoms with Crippen molar-refractivity contribution in [2.45, 2.75) is 58.5 Å². The summed E-state index contributed by atoms with van der Waals surface area (Å²) in [5.74, 6) is 0. The molecule has 1 atom stereocenters. The Morgan fingerprint density at radius 3 is 2.69 bits per heavy atom. The van der Waals surface area contributed by atoms with Gasteiger partial charge in [0, 0.05) is 21.4 Å². The molecule has 0 amide bonds. The predicted octanol–water partition coefficient (Wildman–Crippen LogP) is 4.61. The summed E-state index contributed by atoms with van der Waals surface area (Å²) in [4.78, 5) is 1.47. The van der Waals surface area contributed by atoms with E-state index in [1.807, 2.05) is 11.3 Å². The summed E-state index contributed by atoms with van der Waals surface area (Å²) in [6, 6.07) is 3.34. The van der Waals surface area contributed by atoms with E-state index in [4.69, 9.17) is 0 Å². The van der Waals surface area contributed by atoms with Crippen molar-refractivity contribution in [1.82, 2.24) is 5.32 Å². The molecular weight excluding hydrogens is 282 g/mol. The van der Waals surface area contributed by atoms with Crippen LogP contribution in [0.3, 0.4) is 0 Å². The molecule has 0 fully saturated rings. The van der Waals surface area contributed by atoms with E-state index < -0.39 is 0 Å². The van der Waals surface area contributed by atoms with Crippen LogP contribution < -0.4 is 5.32 Å². The van der Waals surface area contributed by atoms with E-state index in [0.29, 0.717) is 12.1 Å². The van der Waals surface area contributed by atoms with Gasteiger partial charge in [0.25, 0.3) is 0 Å². The smallest absolute Gasteiger partial charge is 0.0314 e. The Labute approximate surface area is 112 Å². The Bertz CT molecular complexity index is 296. The zero-order valence-corrected chi connectivity index (χ0v) is 12.8. The standard InChI is InChI=1S/C13H22BrNS/c1-4-5-6-11(15-10(2)3)9-13-12(14)7-8-16-13/h7-8,10-11,15H,4-6,9H2,1-3H3. The van der Waals surface area contributed by atoms with E-state index in [2.05, 4.69) is 53.5 Å². The second kappa shape index (κ2) is 7.46. The lowest BCUT2D eigenvalue weighted by molar-refractivity contribution is 0.426. The van der Waals surface area contributed by atoms with Crippen LogP contribution in [0.4, 0.5) is 0 Å². The van der Waals surface area contributed by atoms with Gasteiger partial charge in [-0.2, -0.15) is 0 Å². The molecule has 1 aromatic heterocycles. The van der Waals surface area contributed by atoms with Crippen LogP contribution >= 0.6 is 27.3 Å².